The Bertz CT molecular complexity index is 378. The number of likely N-dealkylation sites (N-methyl/N-ethyl adjacent to an activating group) is 1. The number of nitrogens with zero attached hydrogens (tertiary/aromatic N) is 1. The first-order chi connectivity index (χ1) is 8.83. The third-order valence-corrected chi connectivity index (χ3v) is 5.25. The first-order valence-electron chi connectivity index (χ1n) is 7.59. The van der Waals surface area contributed by atoms with E-state index in [9.17, 15) is 0 Å². The van der Waals surface area contributed by atoms with E-state index in [1.54, 1.807) is 5.56 Å². The number of hydrogen-bond acceptors (Lipinski definition) is 1. The summed E-state index contributed by atoms with van der Waals surface area (Å²) >= 11 is 0. The van der Waals surface area contributed by atoms with Crippen molar-refractivity contribution in [2.24, 2.45) is 0 Å². The summed E-state index contributed by atoms with van der Waals surface area (Å²) in [7, 11) is 2.34. The highest BCUT2D eigenvalue weighted by atomic mass is 15.1. The molecule has 1 aromatic carbocycles. The summed E-state index contributed by atoms with van der Waals surface area (Å²) in [5.41, 5.74) is 2.05. The number of hydrogen-bond donors (Lipinski definition) is 0. The molecule has 0 radical (unpaired) electrons. The van der Waals surface area contributed by atoms with E-state index in [2.05, 4.69) is 42.3 Å². The van der Waals surface area contributed by atoms with Gasteiger partial charge in [0.05, 0.1) is 0 Å². The van der Waals surface area contributed by atoms with Gasteiger partial charge in [-0.15, -0.1) is 0 Å². The maximum Gasteiger partial charge on any atom is 0.0189 e. The van der Waals surface area contributed by atoms with Crippen LogP contribution in [0.25, 0.3) is 0 Å². The number of likely N-dealkylation sites (tertiary alicyclic amines) is 1. The molecule has 1 saturated carbocycles. The molecule has 2 fully saturated rings. The maximum absolute atomic E-state index is 2.64. The summed E-state index contributed by atoms with van der Waals surface area (Å²) in [6.07, 6.45) is 9.82. The zero-order valence-electron chi connectivity index (χ0n) is 11.6. The Morgan fingerprint density at radius 2 is 1.72 bits per heavy atom. The smallest absolute Gasteiger partial charge is 0.0189 e. The van der Waals surface area contributed by atoms with Gasteiger partial charge in [0.1, 0.15) is 0 Å². The monoisotopic (exact) mass is 243 g/mol. The molecular formula is C17H25N. The summed E-state index contributed by atoms with van der Waals surface area (Å²) < 4.78 is 0. The van der Waals surface area contributed by atoms with Crippen molar-refractivity contribution in [3.05, 3.63) is 35.9 Å². The molecule has 1 atom stereocenters. The van der Waals surface area contributed by atoms with Gasteiger partial charge < -0.3 is 4.90 Å². The quantitative estimate of drug-likeness (QED) is 0.759. The van der Waals surface area contributed by atoms with Crippen LogP contribution in [0.1, 0.15) is 50.5 Å². The number of piperidine rings is 1. The zero-order valence-corrected chi connectivity index (χ0v) is 11.6. The minimum atomic E-state index is 0.455. The largest absolute Gasteiger partial charge is 0.303 e. The van der Waals surface area contributed by atoms with Crippen molar-refractivity contribution in [1.82, 2.24) is 4.90 Å². The Morgan fingerprint density at radius 3 is 2.39 bits per heavy atom. The summed E-state index contributed by atoms with van der Waals surface area (Å²) in [5.74, 6) is 0. The highest BCUT2D eigenvalue weighted by Gasteiger charge is 2.44. The van der Waals surface area contributed by atoms with Crippen LogP contribution in [0, 0.1) is 0 Å². The Balaban J connectivity index is 1.96. The van der Waals surface area contributed by atoms with Crippen molar-refractivity contribution >= 4 is 0 Å². The Morgan fingerprint density at radius 1 is 1.00 bits per heavy atom. The van der Waals surface area contributed by atoms with Gasteiger partial charge in [0.25, 0.3) is 0 Å². The molecular weight excluding hydrogens is 218 g/mol. The van der Waals surface area contributed by atoms with E-state index in [4.69, 9.17) is 0 Å². The van der Waals surface area contributed by atoms with E-state index in [0.717, 1.165) is 6.04 Å². The SMILES string of the molecule is CN1CCCC[C@@H]1C1(c2ccccc2)CCCC1. The van der Waals surface area contributed by atoms with E-state index in [0.29, 0.717) is 5.41 Å². The van der Waals surface area contributed by atoms with Crippen LogP contribution < -0.4 is 0 Å². The lowest BCUT2D eigenvalue weighted by atomic mass is 9.69. The third-order valence-electron chi connectivity index (χ3n) is 5.25. The van der Waals surface area contributed by atoms with Gasteiger partial charge in [-0.05, 0) is 44.8 Å². The Kier molecular flexibility index (Phi) is 3.43. The van der Waals surface area contributed by atoms with Crippen LogP contribution in [0.5, 0.6) is 0 Å². The summed E-state index contributed by atoms with van der Waals surface area (Å²) in [6.45, 7) is 1.29. The molecule has 1 aliphatic carbocycles. The topological polar surface area (TPSA) is 3.24 Å². The van der Waals surface area contributed by atoms with Crippen molar-refractivity contribution in [2.75, 3.05) is 13.6 Å². The highest BCUT2D eigenvalue weighted by molar-refractivity contribution is 5.29. The Labute approximate surface area is 111 Å². The molecule has 1 saturated heterocycles. The second-order valence-electron chi connectivity index (χ2n) is 6.22. The zero-order chi connectivity index (χ0) is 12.4. The molecule has 0 unspecified atom stereocenters. The molecule has 0 amide bonds. The standard InChI is InChI=1S/C17H25N/c1-18-14-8-5-11-16(18)17(12-6-7-13-17)15-9-3-2-4-10-15/h2-4,9-10,16H,5-8,11-14H2,1H3/t16-/m1/s1. The van der Waals surface area contributed by atoms with Gasteiger partial charge in [-0.3, -0.25) is 0 Å². The van der Waals surface area contributed by atoms with Gasteiger partial charge in [-0.2, -0.15) is 0 Å². The highest BCUT2D eigenvalue weighted by Crippen LogP contribution is 2.47. The second kappa shape index (κ2) is 5.05. The van der Waals surface area contributed by atoms with Crippen molar-refractivity contribution in [2.45, 2.75) is 56.4 Å². The minimum Gasteiger partial charge on any atom is -0.303 e. The summed E-state index contributed by atoms with van der Waals surface area (Å²) in [6, 6.07) is 12.1. The summed E-state index contributed by atoms with van der Waals surface area (Å²) in [5, 5.41) is 0. The van der Waals surface area contributed by atoms with Gasteiger partial charge in [-0.1, -0.05) is 49.6 Å². The van der Waals surface area contributed by atoms with Gasteiger partial charge >= 0.3 is 0 Å². The van der Waals surface area contributed by atoms with Gasteiger partial charge in [-0.25, -0.2) is 0 Å². The molecule has 3 rings (SSSR count). The van der Waals surface area contributed by atoms with Crippen LogP contribution in [-0.4, -0.2) is 24.5 Å². The Hall–Kier alpha value is -0.820. The van der Waals surface area contributed by atoms with Gasteiger partial charge in [0.2, 0.25) is 0 Å². The normalized spacial score (nSPS) is 28.4. The van der Waals surface area contributed by atoms with Crippen LogP contribution >= 0.6 is 0 Å². The predicted octanol–water partition coefficient (Wildman–Crippen LogP) is 3.98. The van der Waals surface area contributed by atoms with Crippen LogP contribution in [0.2, 0.25) is 0 Å². The first kappa shape index (κ1) is 12.2. The molecule has 1 aromatic rings. The van der Waals surface area contributed by atoms with Crippen molar-refractivity contribution in [1.29, 1.82) is 0 Å². The van der Waals surface area contributed by atoms with E-state index in [1.807, 2.05) is 0 Å². The molecule has 0 bridgehead atoms. The van der Waals surface area contributed by atoms with Crippen molar-refractivity contribution < 1.29 is 0 Å². The van der Waals surface area contributed by atoms with E-state index in [1.165, 1.54) is 51.5 Å². The minimum absolute atomic E-state index is 0.455. The molecule has 98 valence electrons. The molecule has 1 nitrogen and oxygen atoms in total. The predicted molar refractivity (Wildman–Crippen MR) is 76.9 cm³/mol. The molecule has 0 aromatic heterocycles. The lowest BCUT2D eigenvalue weighted by Gasteiger charge is -2.46. The molecule has 1 aliphatic heterocycles. The van der Waals surface area contributed by atoms with E-state index < -0.39 is 0 Å². The first-order valence-corrected chi connectivity index (χ1v) is 7.59. The van der Waals surface area contributed by atoms with Crippen LogP contribution in [-0.2, 0) is 5.41 Å². The second-order valence-corrected chi connectivity index (χ2v) is 6.22. The van der Waals surface area contributed by atoms with Gasteiger partial charge in [0.15, 0.2) is 0 Å². The molecule has 1 heteroatoms. The molecule has 0 spiro atoms. The fourth-order valence-corrected chi connectivity index (χ4v) is 4.36. The van der Waals surface area contributed by atoms with Crippen LogP contribution in [0.15, 0.2) is 30.3 Å². The lowest BCUT2D eigenvalue weighted by molar-refractivity contribution is 0.105. The van der Waals surface area contributed by atoms with Gasteiger partial charge in [0, 0.05) is 11.5 Å². The number of rotatable bonds is 2. The lowest BCUT2D eigenvalue weighted by Crippen LogP contribution is -2.50. The fraction of sp³-hybridized carbons (Fsp3) is 0.647. The van der Waals surface area contributed by atoms with Crippen LogP contribution in [0.4, 0.5) is 0 Å². The van der Waals surface area contributed by atoms with Crippen LogP contribution in [0.3, 0.4) is 0 Å². The number of benzene rings is 1. The van der Waals surface area contributed by atoms with E-state index in [-0.39, 0.29) is 0 Å². The molecule has 0 N–H and O–H groups in total. The molecule has 18 heavy (non-hydrogen) atoms. The van der Waals surface area contributed by atoms with Crippen molar-refractivity contribution in [3.63, 3.8) is 0 Å². The fourth-order valence-electron chi connectivity index (χ4n) is 4.36. The van der Waals surface area contributed by atoms with E-state index >= 15 is 0 Å². The van der Waals surface area contributed by atoms with Crippen molar-refractivity contribution in [3.8, 4) is 0 Å². The average Bonchev–Trinajstić information content (AvgIpc) is 2.91. The third kappa shape index (κ3) is 1.99. The molecule has 1 heterocycles. The average molecular weight is 243 g/mol. The maximum atomic E-state index is 2.64. The molecule has 2 aliphatic rings. The summed E-state index contributed by atoms with van der Waals surface area (Å²) in [4.78, 5) is 2.64.